The second-order valence-electron chi connectivity index (χ2n) is 8.40. The van der Waals surface area contributed by atoms with Crippen molar-refractivity contribution >= 4 is 28.3 Å². The van der Waals surface area contributed by atoms with Crippen LogP contribution in [-0.4, -0.2) is 28.1 Å². The van der Waals surface area contributed by atoms with E-state index in [9.17, 15) is 9.59 Å². The second-order valence-corrected chi connectivity index (χ2v) is 9.38. The molecule has 1 heterocycles. The third kappa shape index (κ3) is 6.71. The smallest absolute Gasteiger partial charge is 0.251 e. The second kappa shape index (κ2) is 11.7. The largest absolute Gasteiger partial charge is 0.340 e. The Morgan fingerprint density at radius 3 is 2.33 bits per heavy atom. The van der Waals surface area contributed by atoms with Crippen molar-refractivity contribution in [2.24, 2.45) is 5.92 Å². The Bertz CT molecular complexity index is 1060. The molecule has 6 nitrogen and oxygen atoms in total. The summed E-state index contributed by atoms with van der Waals surface area (Å²) in [4.78, 5) is 25.9. The zero-order valence-electron chi connectivity index (χ0n) is 19.7. The van der Waals surface area contributed by atoms with Gasteiger partial charge in [0.15, 0.2) is 0 Å². The van der Waals surface area contributed by atoms with E-state index in [4.69, 9.17) is 0 Å². The number of aromatic nitrogens is 2. The first kappa shape index (κ1) is 24.6. The molecule has 0 spiro atoms. The Labute approximate surface area is 199 Å². The molecule has 2 N–H and O–H groups in total. The quantitative estimate of drug-likeness (QED) is 0.407. The number of rotatable bonds is 10. The average Bonchev–Trinajstić information content (AvgIpc) is 3.29. The maximum absolute atomic E-state index is 13.1. The van der Waals surface area contributed by atoms with E-state index >= 15 is 0 Å². The summed E-state index contributed by atoms with van der Waals surface area (Å²) in [5.74, 6) is -0.582. The van der Waals surface area contributed by atoms with Gasteiger partial charge in [0, 0.05) is 11.1 Å². The van der Waals surface area contributed by atoms with Crippen LogP contribution in [0.25, 0.3) is 10.6 Å². The fourth-order valence-electron chi connectivity index (χ4n) is 3.40. The molecule has 0 aliphatic rings. The van der Waals surface area contributed by atoms with Crippen LogP contribution < -0.4 is 10.6 Å². The van der Waals surface area contributed by atoms with Crippen molar-refractivity contribution in [1.82, 2.24) is 15.5 Å². The number of carbonyl (C=O) groups is 2. The number of hydrogen-bond donors (Lipinski definition) is 2. The normalized spacial score (nSPS) is 12.7. The fraction of sp³-hybridized carbons (Fsp3) is 0.385. The number of anilines is 1. The molecule has 0 saturated carbocycles. The van der Waals surface area contributed by atoms with E-state index in [-0.39, 0.29) is 17.7 Å². The van der Waals surface area contributed by atoms with E-state index in [1.54, 1.807) is 0 Å². The first-order valence-corrected chi connectivity index (χ1v) is 12.3. The van der Waals surface area contributed by atoms with E-state index < -0.39 is 6.04 Å². The van der Waals surface area contributed by atoms with Gasteiger partial charge in [0.25, 0.3) is 5.91 Å². The number of carbonyl (C=O) groups excluding carboxylic acids is 2. The molecule has 2 aromatic carbocycles. The minimum Gasteiger partial charge on any atom is -0.340 e. The average molecular weight is 465 g/mol. The molecule has 0 aliphatic heterocycles. The van der Waals surface area contributed by atoms with E-state index in [0.717, 1.165) is 36.3 Å². The zero-order chi connectivity index (χ0) is 23.8. The Kier molecular flexibility index (Phi) is 8.72. The highest BCUT2D eigenvalue weighted by Crippen LogP contribution is 2.27. The van der Waals surface area contributed by atoms with Crippen LogP contribution in [-0.2, 0) is 11.2 Å². The zero-order valence-corrected chi connectivity index (χ0v) is 20.5. The lowest BCUT2D eigenvalue weighted by Crippen LogP contribution is -2.47. The van der Waals surface area contributed by atoms with E-state index in [1.807, 2.05) is 69.3 Å². The molecule has 0 radical (unpaired) electrons. The van der Waals surface area contributed by atoms with Crippen LogP contribution in [0.2, 0.25) is 0 Å². The summed E-state index contributed by atoms with van der Waals surface area (Å²) < 4.78 is 0. The standard InChI is InChI=1S/C26H32N4O2S/c1-5-7-8-19-11-15-20(16-12-19)23(31)27-22(18(4)6-2)24(32)28-26-30-29-25(33-26)21-13-9-17(3)10-14-21/h9-16,18,22H,5-8H2,1-4H3,(H,27,31)(H,28,30,32). The Morgan fingerprint density at radius 1 is 1.00 bits per heavy atom. The van der Waals surface area contributed by atoms with Gasteiger partial charge in [0.2, 0.25) is 11.0 Å². The van der Waals surface area contributed by atoms with Crippen molar-refractivity contribution in [2.45, 2.75) is 59.4 Å². The van der Waals surface area contributed by atoms with Gasteiger partial charge in [-0.1, -0.05) is 86.9 Å². The third-order valence-corrected chi connectivity index (χ3v) is 6.66. The van der Waals surface area contributed by atoms with Crippen LogP contribution in [0, 0.1) is 12.8 Å². The van der Waals surface area contributed by atoms with Crippen molar-refractivity contribution < 1.29 is 9.59 Å². The summed E-state index contributed by atoms with van der Waals surface area (Å²) in [6.45, 7) is 8.14. The van der Waals surface area contributed by atoms with Gasteiger partial charge in [-0.05, 0) is 43.4 Å². The molecule has 2 unspecified atom stereocenters. The summed E-state index contributed by atoms with van der Waals surface area (Å²) in [6.07, 6.45) is 4.01. The predicted molar refractivity (Wildman–Crippen MR) is 134 cm³/mol. The highest BCUT2D eigenvalue weighted by atomic mass is 32.1. The minimum absolute atomic E-state index is 0.0396. The van der Waals surface area contributed by atoms with Crippen molar-refractivity contribution in [3.05, 3.63) is 65.2 Å². The highest BCUT2D eigenvalue weighted by Gasteiger charge is 2.27. The number of benzene rings is 2. The number of amides is 2. The monoisotopic (exact) mass is 464 g/mol. The van der Waals surface area contributed by atoms with Crippen molar-refractivity contribution in [3.63, 3.8) is 0 Å². The SMILES string of the molecule is CCCCc1ccc(C(=O)NC(C(=O)Nc2nnc(-c3ccc(C)cc3)s2)C(C)CC)cc1. The van der Waals surface area contributed by atoms with Gasteiger partial charge in [-0.15, -0.1) is 10.2 Å². The number of nitrogens with one attached hydrogen (secondary N) is 2. The topological polar surface area (TPSA) is 84.0 Å². The van der Waals surface area contributed by atoms with Gasteiger partial charge in [0.1, 0.15) is 11.0 Å². The lowest BCUT2D eigenvalue weighted by Gasteiger charge is -2.23. The summed E-state index contributed by atoms with van der Waals surface area (Å²) in [5.41, 5.74) is 3.88. The molecule has 2 atom stereocenters. The first-order chi connectivity index (χ1) is 15.9. The Hall–Kier alpha value is -3.06. The molecule has 0 fully saturated rings. The number of aryl methyl sites for hydroxylation is 2. The lowest BCUT2D eigenvalue weighted by molar-refractivity contribution is -0.119. The molecule has 3 rings (SSSR count). The Balaban J connectivity index is 1.67. The van der Waals surface area contributed by atoms with Crippen LogP contribution in [0.5, 0.6) is 0 Å². The molecule has 7 heteroatoms. The van der Waals surface area contributed by atoms with Crippen LogP contribution in [0.15, 0.2) is 48.5 Å². The summed E-state index contributed by atoms with van der Waals surface area (Å²) in [7, 11) is 0. The van der Waals surface area contributed by atoms with E-state index in [2.05, 4.69) is 27.8 Å². The van der Waals surface area contributed by atoms with Gasteiger partial charge in [-0.25, -0.2) is 0 Å². The molecule has 0 aliphatic carbocycles. The molecule has 3 aromatic rings. The van der Waals surface area contributed by atoms with Crippen LogP contribution >= 0.6 is 11.3 Å². The minimum atomic E-state index is -0.672. The van der Waals surface area contributed by atoms with Crippen LogP contribution in [0.4, 0.5) is 5.13 Å². The molecule has 2 amide bonds. The van der Waals surface area contributed by atoms with Gasteiger partial charge >= 0.3 is 0 Å². The number of nitrogens with zero attached hydrogens (tertiary/aromatic N) is 2. The first-order valence-electron chi connectivity index (χ1n) is 11.5. The number of unbranched alkanes of at least 4 members (excludes halogenated alkanes) is 1. The van der Waals surface area contributed by atoms with E-state index in [0.29, 0.717) is 10.7 Å². The summed E-state index contributed by atoms with van der Waals surface area (Å²) >= 11 is 1.31. The maximum atomic E-state index is 13.1. The van der Waals surface area contributed by atoms with Gasteiger partial charge in [0.05, 0.1) is 0 Å². The fourth-order valence-corrected chi connectivity index (χ4v) is 4.15. The van der Waals surface area contributed by atoms with Crippen molar-refractivity contribution in [1.29, 1.82) is 0 Å². The van der Waals surface area contributed by atoms with Crippen LogP contribution in [0.3, 0.4) is 0 Å². The molecular formula is C26H32N4O2S. The molecule has 0 saturated heterocycles. The highest BCUT2D eigenvalue weighted by molar-refractivity contribution is 7.18. The van der Waals surface area contributed by atoms with Crippen LogP contribution in [0.1, 0.15) is 61.5 Å². The molecule has 174 valence electrons. The van der Waals surface area contributed by atoms with E-state index in [1.165, 1.54) is 22.5 Å². The molecule has 0 bridgehead atoms. The van der Waals surface area contributed by atoms with Crippen molar-refractivity contribution in [3.8, 4) is 10.6 Å². The third-order valence-electron chi connectivity index (χ3n) is 5.77. The van der Waals surface area contributed by atoms with Gasteiger partial charge < -0.3 is 5.32 Å². The summed E-state index contributed by atoms with van der Waals surface area (Å²) in [5, 5.41) is 15.2. The molecule has 1 aromatic heterocycles. The lowest BCUT2D eigenvalue weighted by atomic mass is 9.97. The summed E-state index contributed by atoms with van der Waals surface area (Å²) in [6, 6.07) is 14.9. The molecular weight excluding hydrogens is 432 g/mol. The van der Waals surface area contributed by atoms with Gasteiger partial charge in [-0.3, -0.25) is 14.9 Å². The predicted octanol–water partition coefficient (Wildman–Crippen LogP) is 5.64. The van der Waals surface area contributed by atoms with Gasteiger partial charge in [-0.2, -0.15) is 0 Å². The maximum Gasteiger partial charge on any atom is 0.251 e. The number of hydrogen-bond acceptors (Lipinski definition) is 5. The Morgan fingerprint density at radius 2 is 1.70 bits per heavy atom. The molecule has 33 heavy (non-hydrogen) atoms. The van der Waals surface area contributed by atoms with Crippen molar-refractivity contribution in [2.75, 3.05) is 5.32 Å².